The predicted molar refractivity (Wildman–Crippen MR) is 82.9 cm³/mol. The van der Waals surface area contributed by atoms with E-state index in [9.17, 15) is 22.8 Å². The number of carbonyl (C=O) groups excluding carboxylic acids is 1. The zero-order chi connectivity index (χ0) is 17.9. The van der Waals surface area contributed by atoms with E-state index in [4.69, 9.17) is 5.11 Å². The molecule has 1 aromatic carbocycles. The fourth-order valence-corrected chi connectivity index (χ4v) is 3.10. The highest BCUT2D eigenvalue weighted by molar-refractivity contribution is 5.94. The number of alkyl halides is 3. The minimum Gasteiger partial charge on any atom is -0.478 e. The predicted octanol–water partition coefficient (Wildman–Crippen LogP) is 4.39. The number of halogens is 3. The lowest BCUT2D eigenvalue weighted by Gasteiger charge is -2.29. The minimum atomic E-state index is -4.15. The average molecular weight is 343 g/mol. The summed E-state index contributed by atoms with van der Waals surface area (Å²) in [6.07, 6.45) is -3.11. The topological polar surface area (TPSA) is 66.4 Å². The summed E-state index contributed by atoms with van der Waals surface area (Å²) in [6.45, 7) is 1.66. The number of hydrogen-bond donors (Lipinski definition) is 2. The van der Waals surface area contributed by atoms with Crippen LogP contribution in [0, 0.1) is 18.8 Å². The molecule has 1 aliphatic rings. The molecule has 4 nitrogen and oxygen atoms in total. The maximum atomic E-state index is 12.6. The molecule has 0 radical (unpaired) electrons. The fraction of sp³-hybridized carbons (Fsp3) is 0.529. The normalized spacial score (nSPS) is 21.3. The summed E-state index contributed by atoms with van der Waals surface area (Å²) < 4.78 is 37.9. The first-order valence-electron chi connectivity index (χ1n) is 7.87. The monoisotopic (exact) mass is 343 g/mol. The third-order valence-corrected chi connectivity index (χ3v) is 4.54. The van der Waals surface area contributed by atoms with Gasteiger partial charge in [0.05, 0.1) is 11.5 Å². The van der Waals surface area contributed by atoms with Crippen molar-refractivity contribution in [2.45, 2.75) is 45.2 Å². The van der Waals surface area contributed by atoms with E-state index in [0.717, 1.165) is 0 Å². The molecular formula is C17H20F3NO3. The minimum absolute atomic E-state index is 0.0620. The van der Waals surface area contributed by atoms with Crippen molar-refractivity contribution >= 4 is 17.6 Å². The summed E-state index contributed by atoms with van der Waals surface area (Å²) >= 11 is 0. The van der Waals surface area contributed by atoms with Crippen molar-refractivity contribution in [3.05, 3.63) is 29.3 Å². The molecule has 0 aliphatic heterocycles. The third-order valence-electron chi connectivity index (χ3n) is 4.54. The SMILES string of the molecule is Cc1ccc(NC(=O)CC2CCC(C(F)(F)F)CC2)cc1C(=O)O. The Labute approximate surface area is 138 Å². The first-order chi connectivity index (χ1) is 11.2. The van der Waals surface area contributed by atoms with Crippen LogP contribution in [0.15, 0.2) is 18.2 Å². The number of carboxylic acid groups (broad SMARTS) is 1. The zero-order valence-corrected chi connectivity index (χ0v) is 13.3. The summed E-state index contributed by atoms with van der Waals surface area (Å²) in [5.74, 6) is -2.69. The summed E-state index contributed by atoms with van der Waals surface area (Å²) in [5, 5.41) is 11.7. The zero-order valence-electron chi connectivity index (χ0n) is 13.3. The van der Waals surface area contributed by atoms with Gasteiger partial charge in [0.15, 0.2) is 0 Å². The standard InChI is InChI=1S/C17H20F3NO3/c1-10-2-7-13(9-14(10)16(23)24)21-15(22)8-11-3-5-12(6-4-11)17(18,19)20/h2,7,9,11-12H,3-6,8H2,1H3,(H,21,22)(H,23,24). The third kappa shape index (κ3) is 4.72. The van der Waals surface area contributed by atoms with Crippen LogP contribution in [0.3, 0.4) is 0 Å². The van der Waals surface area contributed by atoms with Gasteiger partial charge >= 0.3 is 12.1 Å². The van der Waals surface area contributed by atoms with Gasteiger partial charge in [-0.3, -0.25) is 4.79 Å². The summed E-state index contributed by atoms with van der Waals surface area (Å²) in [5.41, 5.74) is 1.08. The number of aromatic carboxylic acids is 1. The number of aryl methyl sites for hydroxylation is 1. The van der Waals surface area contributed by atoms with Gasteiger partial charge in [-0.15, -0.1) is 0 Å². The van der Waals surface area contributed by atoms with Crippen molar-refractivity contribution in [2.24, 2.45) is 11.8 Å². The maximum Gasteiger partial charge on any atom is 0.391 e. The molecule has 132 valence electrons. The van der Waals surface area contributed by atoms with E-state index < -0.39 is 18.1 Å². The lowest BCUT2D eigenvalue weighted by molar-refractivity contribution is -0.183. The lowest BCUT2D eigenvalue weighted by atomic mass is 9.80. The Kier molecular flexibility index (Phi) is 5.51. The Balaban J connectivity index is 1.88. The van der Waals surface area contributed by atoms with Gasteiger partial charge in [-0.1, -0.05) is 6.07 Å². The molecule has 0 saturated heterocycles. The van der Waals surface area contributed by atoms with Crippen molar-refractivity contribution in [1.82, 2.24) is 0 Å². The van der Waals surface area contributed by atoms with E-state index in [1.54, 1.807) is 19.1 Å². The molecule has 0 heterocycles. The molecule has 1 saturated carbocycles. The second-order valence-corrected chi connectivity index (χ2v) is 6.35. The molecule has 2 N–H and O–H groups in total. The highest BCUT2D eigenvalue weighted by Gasteiger charge is 2.41. The number of anilines is 1. The molecule has 1 aromatic rings. The number of hydrogen-bond acceptors (Lipinski definition) is 2. The van der Waals surface area contributed by atoms with Crippen molar-refractivity contribution < 1.29 is 27.9 Å². The molecular weight excluding hydrogens is 323 g/mol. The Hall–Kier alpha value is -2.05. The van der Waals surface area contributed by atoms with Crippen molar-refractivity contribution in [3.8, 4) is 0 Å². The Morgan fingerprint density at radius 3 is 2.38 bits per heavy atom. The van der Waals surface area contributed by atoms with Gasteiger partial charge in [0.1, 0.15) is 0 Å². The Morgan fingerprint density at radius 1 is 1.21 bits per heavy atom. The van der Waals surface area contributed by atoms with Crippen LogP contribution in [0.4, 0.5) is 18.9 Å². The molecule has 2 rings (SSSR count). The first kappa shape index (κ1) is 18.3. The van der Waals surface area contributed by atoms with Crippen molar-refractivity contribution in [1.29, 1.82) is 0 Å². The smallest absolute Gasteiger partial charge is 0.391 e. The van der Waals surface area contributed by atoms with Crippen LogP contribution in [0.2, 0.25) is 0 Å². The van der Waals surface area contributed by atoms with Crippen LogP contribution in [-0.4, -0.2) is 23.2 Å². The highest BCUT2D eigenvalue weighted by atomic mass is 19.4. The Morgan fingerprint density at radius 2 is 1.83 bits per heavy atom. The molecule has 1 fully saturated rings. The van der Waals surface area contributed by atoms with Gasteiger partial charge < -0.3 is 10.4 Å². The van der Waals surface area contributed by atoms with Gasteiger partial charge in [0, 0.05) is 12.1 Å². The van der Waals surface area contributed by atoms with Gasteiger partial charge in [-0.25, -0.2) is 4.79 Å². The van der Waals surface area contributed by atoms with E-state index >= 15 is 0 Å². The summed E-state index contributed by atoms with van der Waals surface area (Å²) in [4.78, 5) is 23.1. The summed E-state index contributed by atoms with van der Waals surface area (Å²) in [6, 6.07) is 4.60. The van der Waals surface area contributed by atoms with Crippen molar-refractivity contribution in [2.75, 3.05) is 5.32 Å². The van der Waals surface area contributed by atoms with Crippen LogP contribution >= 0.6 is 0 Å². The highest BCUT2D eigenvalue weighted by Crippen LogP contribution is 2.40. The second-order valence-electron chi connectivity index (χ2n) is 6.35. The molecule has 0 spiro atoms. The van der Waals surface area contributed by atoms with Gasteiger partial charge in [-0.2, -0.15) is 13.2 Å². The van der Waals surface area contributed by atoms with Crippen LogP contribution in [0.25, 0.3) is 0 Å². The lowest BCUT2D eigenvalue weighted by Crippen LogP contribution is -2.29. The first-order valence-corrected chi connectivity index (χ1v) is 7.87. The molecule has 24 heavy (non-hydrogen) atoms. The molecule has 0 aromatic heterocycles. The number of nitrogens with one attached hydrogen (secondary N) is 1. The Bertz CT molecular complexity index is 620. The summed E-state index contributed by atoms with van der Waals surface area (Å²) in [7, 11) is 0. The fourth-order valence-electron chi connectivity index (χ4n) is 3.10. The number of carbonyl (C=O) groups is 2. The molecule has 0 bridgehead atoms. The van der Waals surface area contributed by atoms with Crippen LogP contribution in [0.1, 0.15) is 48.0 Å². The van der Waals surface area contributed by atoms with E-state index in [2.05, 4.69) is 5.32 Å². The molecule has 7 heteroatoms. The molecule has 1 amide bonds. The van der Waals surface area contributed by atoms with Crippen LogP contribution in [-0.2, 0) is 4.79 Å². The van der Waals surface area contributed by atoms with E-state index in [1.165, 1.54) is 6.07 Å². The van der Waals surface area contributed by atoms with Crippen LogP contribution < -0.4 is 5.32 Å². The van der Waals surface area contributed by atoms with Crippen LogP contribution in [0.5, 0.6) is 0 Å². The van der Waals surface area contributed by atoms with E-state index in [1.807, 2.05) is 0 Å². The second kappa shape index (κ2) is 7.23. The number of benzene rings is 1. The van der Waals surface area contributed by atoms with Gasteiger partial charge in [0.2, 0.25) is 5.91 Å². The van der Waals surface area contributed by atoms with Gasteiger partial charge in [-0.05, 0) is 56.2 Å². The number of rotatable bonds is 4. The van der Waals surface area contributed by atoms with Crippen molar-refractivity contribution in [3.63, 3.8) is 0 Å². The quantitative estimate of drug-likeness (QED) is 0.852. The van der Waals surface area contributed by atoms with Gasteiger partial charge in [0.25, 0.3) is 0 Å². The van der Waals surface area contributed by atoms with E-state index in [0.29, 0.717) is 24.1 Å². The molecule has 1 aliphatic carbocycles. The largest absolute Gasteiger partial charge is 0.478 e. The molecule has 0 unspecified atom stereocenters. The number of amides is 1. The maximum absolute atomic E-state index is 12.6. The average Bonchev–Trinajstić information content (AvgIpc) is 2.48. The number of carboxylic acids is 1. The molecule has 0 atom stereocenters. The van der Waals surface area contributed by atoms with E-state index in [-0.39, 0.29) is 36.7 Å².